The fourth-order valence-corrected chi connectivity index (χ4v) is 1.79. The molecule has 0 fully saturated rings. The van der Waals surface area contributed by atoms with Crippen LogP contribution in [0.15, 0.2) is 60.7 Å². The van der Waals surface area contributed by atoms with Crippen molar-refractivity contribution >= 4 is 0 Å². The topological polar surface area (TPSA) is 18.5 Å². The summed E-state index contributed by atoms with van der Waals surface area (Å²) in [6.07, 6.45) is 3.41. The van der Waals surface area contributed by atoms with Crippen LogP contribution in [0.25, 0.3) is 0 Å². The summed E-state index contributed by atoms with van der Waals surface area (Å²) in [4.78, 5) is 0. The van der Waals surface area contributed by atoms with Gasteiger partial charge in [-0.15, -0.1) is 0 Å². The Bertz CT molecular complexity index is 707. The highest BCUT2D eigenvalue weighted by Gasteiger charge is 1.90. The van der Waals surface area contributed by atoms with E-state index < -0.39 is 0 Å². The second-order valence-electron chi connectivity index (χ2n) is 5.18. The van der Waals surface area contributed by atoms with E-state index >= 15 is 0 Å². The van der Waals surface area contributed by atoms with Crippen LogP contribution in [0.5, 0.6) is 11.5 Å². The van der Waals surface area contributed by atoms with Crippen molar-refractivity contribution in [2.45, 2.75) is 13.8 Å². The van der Waals surface area contributed by atoms with E-state index in [2.05, 4.69) is 23.7 Å². The Balaban J connectivity index is 1.64. The van der Waals surface area contributed by atoms with Gasteiger partial charge in [-0.2, -0.15) is 0 Å². The first-order chi connectivity index (χ1) is 11.7. The van der Waals surface area contributed by atoms with Crippen molar-refractivity contribution in [3.63, 3.8) is 0 Å². The summed E-state index contributed by atoms with van der Waals surface area (Å²) < 4.78 is 11.0. The lowest BCUT2D eigenvalue weighted by Gasteiger charge is -2.01. The predicted molar refractivity (Wildman–Crippen MR) is 98.0 cm³/mol. The molecule has 0 saturated carbocycles. The zero-order chi connectivity index (χ0) is 17.0. The Morgan fingerprint density at radius 2 is 1.04 bits per heavy atom. The first kappa shape index (κ1) is 17.3. The third-order valence-corrected chi connectivity index (χ3v) is 3.12. The summed E-state index contributed by atoms with van der Waals surface area (Å²) >= 11 is 0. The molecule has 0 heterocycles. The number of aryl methyl sites for hydroxylation is 2. The molecule has 0 aliphatic rings. The van der Waals surface area contributed by atoms with Crippen LogP contribution < -0.4 is 9.47 Å². The molecule has 0 aliphatic carbocycles. The van der Waals surface area contributed by atoms with Crippen LogP contribution in [-0.2, 0) is 0 Å². The summed E-state index contributed by atoms with van der Waals surface area (Å²) in [6, 6.07) is 15.8. The van der Waals surface area contributed by atoms with E-state index in [4.69, 9.17) is 9.47 Å². The van der Waals surface area contributed by atoms with Gasteiger partial charge in [0.05, 0.1) is 0 Å². The van der Waals surface area contributed by atoms with Gasteiger partial charge < -0.3 is 9.47 Å². The van der Waals surface area contributed by atoms with Gasteiger partial charge in [0.1, 0.15) is 24.7 Å². The van der Waals surface area contributed by atoms with E-state index in [1.54, 1.807) is 12.2 Å². The van der Waals surface area contributed by atoms with Gasteiger partial charge >= 0.3 is 0 Å². The zero-order valence-corrected chi connectivity index (χ0v) is 14.0. The Morgan fingerprint density at radius 1 is 0.667 bits per heavy atom. The molecule has 2 aromatic carbocycles. The fourth-order valence-electron chi connectivity index (χ4n) is 1.79. The molecule has 24 heavy (non-hydrogen) atoms. The zero-order valence-electron chi connectivity index (χ0n) is 14.0. The molecule has 2 nitrogen and oxygen atoms in total. The van der Waals surface area contributed by atoms with E-state index in [1.165, 1.54) is 11.1 Å². The number of rotatable bonds is 4. The van der Waals surface area contributed by atoms with Crippen molar-refractivity contribution in [3.8, 4) is 35.2 Å². The van der Waals surface area contributed by atoms with Crippen LogP contribution in [0.2, 0.25) is 0 Å². The molecule has 120 valence electrons. The van der Waals surface area contributed by atoms with Crippen LogP contribution in [-0.4, -0.2) is 13.2 Å². The summed E-state index contributed by atoms with van der Waals surface area (Å²) in [6.45, 7) is 4.80. The van der Waals surface area contributed by atoms with Gasteiger partial charge in [0, 0.05) is 0 Å². The van der Waals surface area contributed by atoms with Crippen LogP contribution in [0.3, 0.4) is 0 Å². The van der Waals surface area contributed by atoms with Gasteiger partial charge in [0.15, 0.2) is 0 Å². The monoisotopic (exact) mass is 316 g/mol. The first-order valence-electron chi connectivity index (χ1n) is 7.75. The number of allylic oxidation sites excluding steroid dienone is 2. The Hall–Kier alpha value is -3.10. The summed E-state index contributed by atoms with van der Waals surface area (Å²) in [5.74, 6) is 13.2. The van der Waals surface area contributed by atoms with Gasteiger partial charge in [-0.3, -0.25) is 0 Å². The molecule has 0 spiro atoms. The highest BCUT2D eigenvalue weighted by Crippen LogP contribution is 2.11. The molecule has 0 radical (unpaired) electrons. The largest absolute Gasteiger partial charge is 0.481 e. The van der Waals surface area contributed by atoms with Crippen LogP contribution in [0.4, 0.5) is 0 Å². The lowest BCUT2D eigenvalue weighted by Crippen LogP contribution is -1.93. The molecule has 0 saturated heterocycles. The second-order valence-corrected chi connectivity index (χ2v) is 5.18. The summed E-state index contributed by atoms with van der Waals surface area (Å²) in [5.41, 5.74) is 2.42. The number of ether oxygens (including phenoxy) is 2. The van der Waals surface area contributed by atoms with Crippen molar-refractivity contribution in [1.29, 1.82) is 0 Å². The maximum atomic E-state index is 5.50. The molecule has 2 heteroatoms. The lowest BCUT2D eigenvalue weighted by atomic mass is 10.2. The van der Waals surface area contributed by atoms with E-state index in [9.17, 15) is 0 Å². The Kier molecular flexibility index (Phi) is 7.06. The van der Waals surface area contributed by atoms with Gasteiger partial charge in [-0.1, -0.05) is 59.1 Å². The minimum absolute atomic E-state index is 0.358. The van der Waals surface area contributed by atoms with Gasteiger partial charge in [0.2, 0.25) is 0 Å². The van der Waals surface area contributed by atoms with Crippen molar-refractivity contribution in [2.24, 2.45) is 0 Å². The van der Waals surface area contributed by atoms with Crippen molar-refractivity contribution in [1.82, 2.24) is 0 Å². The van der Waals surface area contributed by atoms with E-state index in [1.807, 2.05) is 62.4 Å². The highest BCUT2D eigenvalue weighted by molar-refractivity contribution is 5.29. The number of benzene rings is 2. The third-order valence-electron chi connectivity index (χ3n) is 3.12. The number of hydrogen-bond donors (Lipinski definition) is 0. The lowest BCUT2D eigenvalue weighted by molar-refractivity contribution is 0.370. The van der Waals surface area contributed by atoms with E-state index in [-0.39, 0.29) is 0 Å². The van der Waals surface area contributed by atoms with Gasteiger partial charge in [-0.25, -0.2) is 0 Å². The summed E-state index contributed by atoms with van der Waals surface area (Å²) in [5, 5.41) is 0. The molecule has 2 aromatic rings. The minimum Gasteiger partial charge on any atom is -0.481 e. The van der Waals surface area contributed by atoms with E-state index in [0.29, 0.717) is 13.2 Å². The average molecular weight is 316 g/mol. The maximum absolute atomic E-state index is 5.50. The molecule has 0 N–H and O–H groups in total. The molecule has 0 aliphatic heterocycles. The molecule has 0 bridgehead atoms. The molecule has 0 atom stereocenters. The quantitative estimate of drug-likeness (QED) is 0.782. The predicted octanol–water partition coefficient (Wildman–Crippen LogP) is 4.32. The van der Waals surface area contributed by atoms with Crippen LogP contribution in [0.1, 0.15) is 11.1 Å². The molecule has 0 aromatic heterocycles. The highest BCUT2D eigenvalue weighted by atomic mass is 16.5. The number of hydrogen-bond acceptors (Lipinski definition) is 2. The van der Waals surface area contributed by atoms with Crippen LogP contribution in [0, 0.1) is 37.5 Å². The molecule has 0 unspecified atom stereocenters. The van der Waals surface area contributed by atoms with Gasteiger partial charge in [-0.05, 0) is 50.3 Å². The Labute approximate surface area is 144 Å². The molecule has 2 rings (SSSR count). The van der Waals surface area contributed by atoms with Crippen molar-refractivity contribution < 1.29 is 9.47 Å². The molecular weight excluding hydrogens is 296 g/mol. The van der Waals surface area contributed by atoms with Gasteiger partial charge in [0.25, 0.3) is 0 Å². The normalized spacial score (nSPS) is 9.58. The smallest absolute Gasteiger partial charge is 0.149 e. The third kappa shape index (κ3) is 6.77. The standard InChI is InChI=1S/C22H20O2/c1-19-9-13-21(14-10-19)23-17-7-5-3-4-6-8-18-24-22-15-11-20(2)12-16-22/h3-4,9-16H,17-18H2,1-2H3/b4-3+. The SMILES string of the molecule is Cc1ccc(OCC#C/C=C/C#CCOc2ccc(C)cc2)cc1. The Morgan fingerprint density at radius 3 is 1.42 bits per heavy atom. The minimum atomic E-state index is 0.358. The van der Waals surface area contributed by atoms with Crippen molar-refractivity contribution in [2.75, 3.05) is 13.2 Å². The van der Waals surface area contributed by atoms with E-state index in [0.717, 1.165) is 11.5 Å². The fraction of sp³-hybridized carbons (Fsp3) is 0.182. The molecular formula is C22H20O2. The first-order valence-corrected chi connectivity index (χ1v) is 7.75. The second kappa shape index (κ2) is 9.82. The maximum Gasteiger partial charge on any atom is 0.149 e. The van der Waals surface area contributed by atoms with Crippen LogP contribution >= 0.6 is 0 Å². The summed E-state index contributed by atoms with van der Waals surface area (Å²) in [7, 11) is 0. The molecule has 0 amide bonds. The van der Waals surface area contributed by atoms with Crippen molar-refractivity contribution in [3.05, 3.63) is 71.8 Å². The average Bonchev–Trinajstić information content (AvgIpc) is 2.60.